The molecule has 0 atom stereocenters. The Morgan fingerprint density at radius 1 is 1.58 bits per heavy atom. The van der Waals surface area contributed by atoms with Crippen molar-refractivity contribution < 1.29 is 5.11 Å². The molecule has 1 N–H and O–H groups in total. The molecule has 0 amide bonds. The van der Waals surface area contributed by atoms with E-state index in [1.165, 1.54) is 11.3 Å². The zero-order valence-electron chi connectivity index (χ0n) is 7.01. The van der Waals surface area contributed by atoms with Crippen LogP contribution in [0.1, 0.15) is 30.3 Å². The summed E-state index contributed by atoms with van der Waals surface area (Å²) in [6.45, 7) is 2.19. The van der Waals surface area contributed by atoms with Gasteiger partial charge in [0.2, 0.25) is 0 Å². The van der Waals surface area contributed by atoms with Crippen molar-refractivity contribution in [2.24, 2.45) is 0 Å². The van der Waals surface area contributed by atoms with Crippen LogP contribution in [-0.4, -0.2) is 10.1 Å². The van der Waals surface area contributed by atoms with Gasteiger partial charge in [0.1, 0.15) is 0 Å². The molecule has 68 valence electrons. The van der Waals surface area contributed by atoms with Crippen LogP contribution in [0.15, 0.2) is 0 Å². The number of hydrogen-bond donors (Lipinski definition) is 1. The largest absolute Gasteiger partial charge is 0.391 e. The average molecular weight is 206 g/mol. The molecule has 0 bridgehead atoms. The molecule has 0 saturated carbocycles. The highest BCUT2D eigenvalue weighted by molar-refractivity contribution is 7.15. The van der Waals surface area contributed by atoms with Crippen LogP contribution >= 0.6 is 22.9 Å². The first-order valence-corrected chi connectivity index (χ1v) is 5.22. The Kier molecular flexibility index (Phi) is 3.98. The fraction of sp³-hybridized carbons (Fsp3) is 0.625. The predicted octanol–water partition coefficient (Wildman–Crippen LogP) is 2.63. The number of unbranched alkanes of at least 4 members (excludes halogenated alkanes) is 1. The van der Waals surface area contributed by atoms with Crippen molar-refractivity contribution in [3.8, 4) is 0 Å². The fourth-order valence-corrected chi connectivity index (χ4v) is 2.09. The maximum absolute atomic E-state index is 8.94. The Balaban J connectivity index is 2.68. The molecule has 0 saturated heterocycles. The topological polar surface area (TPSA) is 33.1 Å². The smallest absolute Gasteiger partial charge is 0.184 e. The van der Waals surface area contributed by atoms with Crippen LogP contribution in [0.3, 0.4) is 0 Å². The molecule has 1 aromatic heterocycles. The number of aryl methyl sites for hydroxylation is 1. The van der Waals surface area contributed by atoms with Crippen LogP contribution in [-0.2, 0) is 13.0 Å². The maximum atomic E-state index is 8.94. The molecular formula is C8H12ClNOS. The van der Waals surface area contributed by atoms with Gasteiger partial charge in [-0.3, -0.25) is 0 Å². The second kappa shape index (κ2) is 4.80. The third-order valence-electron chi connectivity index (χ3n) is 1.66. The number of halogens is 1. The van der Waals surface area contributed by atoms with Crippen molar-refractivity contribution in [1.29, 1.82) is 0 Å². The van der Waals surface area contributed by atoms with Crippen molar-refractivity contribution in [2.45, 2.75) is 32.8 Å². The third-order valence-corrected chi connectivity index (χ3v) is 2.85. The number of nitrogens with zero attached hydrogens (tertiary/aromatic N) is 1. The Labute approximate surface area is 81.2 Å². The zero-order chi connectivity index (χ0) is 8.97. The minimum absolute atomic E-state index is 0.0590. The standard InChI is InChI=1S/C8H12ClNOS/c1-2-3-4-6-7(5-11)12-8(9)10-6/h11H,2-5H2,1H3. The maximum Gasteiger partial charge on any atom is 0.184 e. The Morgan fingerprint density at radius 2 is 2.33 bits per heavy atom. The van der Waals surface area contributed by atoms with E-state index in [4.69, 9.17) is 16.7 Å². The zero-order valence-corrected chi connectivity index (χ0v) is 8.58. The minimum atomic E-state index is 0.0590. The summed E-state index contributed by atoms with van der Waals surface area (Å²) in [7, 11) is 0. The van der Waals surface area contributed by atoms with Crippen molar-refractivity contribution >= 4 is 22.9 Å². The highest BCUT2D eigenvalue weighted by atomic mass is 35.5. The molecule has 1 aromatic rings. The first-order valence-electron chi connectivity index (χ1n) is 4.02. The third kappa shape index (κ3) is 2.44. The van der Waals surface area contributed by atoms with Gasteiger partial charge < -0.3 is 5.11 Å². The van der Waals surface area contributed by atoms with Gasteiger partial charge in [0.25, 0.3) is 0 Å². The van der Waals surface area contributed by atoms with Gasteiger partial charge >= 0.3 is 0 Å². The summed E-state index contributed by atoms with van der Waals surface area (Å²) in [6, 6.07) is 0. The SMILES string of the molecule is CCCCc1nc(Cl)sc1CO. The van der Waals surface area contributed by atoms with Crippen LogP contribution in [0, 0.1) is 0 Å². The van der Waals surface area contributed by atoms with Crippen LogP contribution < -0.4 is 0 Å². The van der Waals surface area contributed by atoms with Gasteiger partial charge in [-0.2, -0.15) is 0 Å². The van der Waals surface area contributed by atoms with Crippen molar-refractivity contribution in [1.82, 2.24) is 4.98 Å². The molecule has 1 rings (SSSR count). The van der Waals surface area contributed by atoms with E-state index in [0.29, 0.717) is 4.47 Å². The monoisotopic (exact) mass is 205 g/mol. The van der Waals surface area contributed by atoms with Gasteiger partial charge in [-0.15, -0.1) is 11.3 Å². The summed E-state index contributed by atoms with van der Waals surface area (Å²) in [5, 5.41) is 8.94. The second-order valence-electron chi connectivity index (χ2n) is 2.60. The first-order chi connectivity index (χ1) is 5.77. The number of rotatable bonds is 4. The van der Waals surface area contributed by atoms with E-state index in [9.17, 15) is 0 Å². The van der Waals surface area contributed by atoms with E-state index in [1.54, 1.807) is 0 Å². The molecule has 4 heteroatoms. The summed E-state index contributed by atoms with van der Waals surface area (Å²) >= 11 is 7.09. The molecular weight excluding hydrogens is 194 g/mol. The molecule has 12 heavy (non-hydrogen) atoms. The molecule has 0 aliphatic carbocycles. The summed E-state index contributed by atoms with van der Waals surface area (Å²) in [6.07, 6.45) is 3.17. The van der Waals surface area contributed by atoms with Crippen molar-refractivity contribution in [3.05, 3.63) is 15.0 Å². The average Bonchev–Trinajstić information content (AvgIpc) is 2.42. The van der Waals surface area contributed by atoms with Crippen LogP contribution in [0.2, 0.25) is 4.47 Å². The molecule has 1 heterocycles. The summed E-state index contributed by atoms with van der Waals surface area (Å²) in [4.78, 5) is 5.05. The molecule has 0 radical (unpaired) electrons. The lowest BCUT2D eigenvalue weighted by atomic mass is 10.2. The Morgan fingerprint density at radius 3 is 2.92 bits per heavy atom. The van der Waals surface area contributed by atoms with Crippen LogP contribution in [0.5, 0.6) is 0 Å². The van der Waals surface area contributed by atoms with E-state index < -0.39 is 0 Å². The first kappa shape index (κ1) is 9.96. The highest BCUT2D eigenvalue weighted by Gasteiger charge is 2.07. The predicted molar refractivity (Wildman–Crippen MR) is 51.7 cm³/mol. The molecule has 0 aromatic carbocycles. The lowest BCUT2D eigenvalue weighted by Gasteiger charge is -1.96. The lowest BCUT2D eigenvalue weighted by Crippen LogP contribution is -1.90. The van der Waals surface area contributed by atoms with Gasteiger partial charge in [-0.1, -0.05) is 24.9 Å². The van der Waals surface area contributed by atoms with E-state index in [-0.39, 0.29) is 6.61 Å². The van der Waals surface area contributed by atoms with Crippen molar-refractivity contribution in [2.75, 3.05) is 0 Å². The number of aromatic nitrogens is 1. The van der Waals surface area contributed by atoms with Crippen LogP contribution in [0.4, 0.5) is 0 Å². The summed E-state index contributed by atoms with van der Waals surface area (Å²) < 4.78 is 0.533. The summed E-state index contributed by atoms with van der Waals surface area (Å²) in [5.41, 5.74) is 0.967. The Bertz CT molecular complexity index is 249. The van der Waals surface area contributed by atoms with Gasteiger partial charge in [-0.25, -0.2) is 4.98 Å². The fourth-order valence-electron chi connectivity index (χ4n) is 1.01. The Hall–Kier alpha value is -0.120. The normalized spacial score (nSPS) is 10.6. The van der Waals surface area contributed by atoms with Gasteiger partial charge in [0, 0.05) is 0 Å². The van der Waals surface area contributed by atoms with Gasteiger partial charge in [-0.05, 0) is 12.8 Å². The minimum Gasteiger partial charge on any atom is -0.391 e. The number of aliphatic hydroxyl groups excluding tert-OH is 1. The lowest BCUT2D eigenvalue weighted by molar-refractivity contribution is 0.284. The molecule has 0 fully saturated rings. The highest BCUT2D eigenvalue weighted by Crippen LogP contribution is 2.23. The van der Waals surface area contributed by atoms with Gasteiger partial charge in [0.15, 0.2) is 4.47 Å². The van der Waals surface area contributed by atoms with E-state index in [2.05, 4.69) is 11.9 Å². The molecule has 2 nitrogen and oxygen atoms in total. The molecule has 0 spiro atoms. The number of thiazole rings is 1. The number of hydrogen-bond acceptors (Lipinski definition) is 3. The quantitative estimate of drug-likeness (QED) is 0.820. The summed E-state index contributed by atoms with van der Waals surface area (Å²) in [5.74, 6) is 0. The van der Waals surface area contributed by atoms with E-state index in [0.717, 1.165) is 29.8 Å². The molecule has 0 aliphatic heterocycles. The molecule has 0 unspecified atom stereocenters. The second-order valence-corrected chi connectivity index (χ2v) is 4.26. The van der Waals surface area contributed by atoms with Crippen molar-refractivity contribution in [3.63, 3.8) is 0 Å². The van der Waals surface area contributed by atoms with Crippen LogP contribution in [0.25, 0.3) is 0 Å². The van der Waals surface area contributed by atoms with E-state index >= 15 is 0 Å². The number of aliphatic hydroxyl groups is 1. The van der Waals surface area contributed by atoms with E-state index in [1.807, 2.05) is 0 Å². The van der Waals surface area contributed by atoms with Gasteiger partial charge in [0.05, 0.1) is 17.2 Å². The molecule has 0 aliphatic rings.